The van der Waals surface area contributed by atoms with E-state index in [1.54, 1.807) is 13.2 Å². The predicted octanol–water partition coefficient (Wildman–Crippen LogP) is 1.55. The number of halogens is 1. The van der Waals surface area contributed by atoms with Gasteiger partial charge in [-0.25, -0.2) is 4.79 Å². The highest BCUT2D eigenvalue weighted by molar-refractivity contribution is 9.10. The first-order chi connectivity index (χ1) is 9.47. The van der Waals surface area contributed by atoms with Crippen LogP contribution in [0.2, 0.25) is 0 Å². The number of ether oxygens (including phenoxy) is 2. The molecule has 1 atom stereocenters. The molecular formula is C13H17BrN2O4. The summed E-state index contributed by atoms with van der Waals surface area (Å²) in [5, 5.41) is 5.58. The van der Waals surface area contributed by atoms with Crippen LogP contribution in [0.15, 0.2) is 22.7 Å². The number of hydrogen-bond acceptors (Lipinski definition) is 5. The number of hydrogen-bond donors (Lipinski definition) is 2. The first kappa shape index (κ1) is 16.3. The zero-order chi connectivity index (χ0) is 15.1. The number of nitrogens with one attached hydrogen (secondary N) is 2. The SMILES string of the molecule is COC(=O)C(CNc1ccc(OC)c(Br)c1)NC(C)=O. The molecular weight excluding hydrogens is 328 g/mol. The van der Waals surface area contributed by atoms with Crippen molar-refractivity contribution in [2.75, 3.05) is 26.1 Å². The van der Waals surface area contributed by atoms with Gasteiger partial charge in [-0.2, -0.15) is 0 Å². The average Bonchev–Trinajstić information content (AvgIpc) is 2.42. The molecule has 0 aliphatic carbocycles. The van der Waals surface area contributed by atoms with Crippen molar-refractivity contribution >= 4 is 33.5 Å². The van der Waals surface area contributed by atoms with Crippen LogP contribution in [0.1, 0.15) is 6.92 Å². The normalized spacial score (nSPS) is 11.4. The van der Waals surface area contributed by atoms with Gasteiger partial charge in [0, 0.05) is 19.2 Å². The number of carbonyl (C=O) groups excluding carboxylic acids is 2. The Morgan fingerprint density at radius 1 is 1.35 bits per heavy atom. The molecule has 0 fully saturated rings. The number of benzene rings is 1. The molecule has 0 aliphatic heterocycles. The summed E-state index contributed by atoms with van der Waals surface area (Å²) in [6, 6.07) is 4.68. The third-order valence-corrected chi connectivity index (χ3v) is 3.15. The summed E-state index contributed by atoms with van der Waals surface area (Å²) in [7, 11) is 2.86. The molecule has 2 N–H and O–H groups in total. The molecule has 0 bridgehead atoms. The first-order valence-electron chi connectivity index (χ1n) is 5.90. The van der Waals surface area contributed by atoms with Gasteiger partial charge in [-0.05, 0) is 34.1 Å². The Bertz CT molecular complexity index is 493. The van der Waals surface area contributed by atoms with Crippen LogP contribution in [-0.2, 0) is 14.3 Å². The van der Waals surface area contributed by atoms with Gasteiger partial charge in [0.2, 0.25) is 5.91 Å². The Hall–Kier alpha value is -1.76. The maximum absolute atomic E-state index is 11.5. The van der Waals surface area contributed by atoms with Crippen molar-refractivity contribution in [1.82, 2.24) is 5.32 Å². The van der Waals surface area contributed by atoms with Crippen molar-refractivity contribution in [3.63, 3.8) is 0 Å². The maximum Gasteiger partial charge on any atom is 0.330 e. The minimum Gasteiger partial charge on any atom is -0.496 e. The zero-order valence-corrected chi connectivity index (χ0v) is 13.1. The quantitative estimate of drug-likeness (QED) is 0.765. The van der Waals surface area contributed by atoms with Crippen molar-refractivity contribution < 1.29 is 19.1 Å². The summed E-state index contributed by atoms with van der Waals surface area (Å²) in [5.41, 5.74) is 0.789. The third-order valence-electron chi connectivity index (χ3n) is 2.53. The van der Waals surface area contributed by atoms with Crippen molar-refractivity contribution in [2.24, 2.45) is 0 Å². The van der Waals surface area contributed by atoms with E-state index in [-0.39, 0.29) is 12.5 Å². The molecule has 1 amide bonds. The lowest BCUT2D eigenvalue weighted by molar-refractivity contribution is -0.144. The number of esters is 1. The smallest absolute Gasteiger partial charge is 0.330 e. The van der Waals surface area contributed by atoms with Crippen LogP contribution in [0.4, 0.5) is 5.69 Å². The second-order valence-corrected chi connectivity index (χ2v) is 4.86. The summed E-state index contributed by atoms with van der Waals surface area (Å²) in [6.45, 7) is 1.57. The van der Waals surface area contributed by atoms with Gasteiger partial charge in [-0.3, -0.25) is 4.79 Å². The molecule has 0 saturated carbocycles. The van der Waals surface area contributed by atoms with E-state index in [1.807, 2.05) is 12.1 Å². The predicted molar refractivity (Wildman–Crippen MR) is 78.8 cm³/mol. The minimum atomic E-state index is -0.738. The highest BCUT2D eigenvalue weighted by Gasteiger charge is 2.19. The average molecular weight is 345 g/mol. The molecule has 1 aromatic carbocycles. The number of carbonyl (C=O) groups is 2. The number of anilines is 1. The molecule has 0 aromatic heterocycles. The van der Waals surface area contributed by atoms with Gasteiger partial charge in [-0.15, -0.1) is 0 Å². The molecule has 7 heteroatoms. The summed E-state index contributed by atoms with van der Waals surface area (Å²) < 4.78 is 10.6. The maximum atomic E-state index is 11.5. The Balaban J connectivity index is 2.69. The highest BCUT2D eigenvalue weighted by Crippen LogP contribution is 2.27. The Morgan fingerprint density at radius 3 is 2.55 bits per heavy atom. The van der Waals surface area contributed by atoms with E-state index in [2.05, 4.69) is 31.3 Å². The lowest BCUT2D eigenvalue weighted by Gasteiger charge is -2.17. The second-order valence-electron chi connectivity index (χ2n) is 4.01. The Morgan fingerprint density at radius 2 is 2.05 bits per heavy atom. The molecule has 1 rings (SSSR count). The van der Waals surface area contributed by atoms with Gasteiger partial charge < -0.3 is 20.1 Å². The van der Waals surface area contributed by atoms with E-state index in [1.165, 1.54) is 14.0 Å². The van der Waals surface area contributed by atoms with Crippen molar-refractivity contribution in [2.45, 2.75) is 13.0 Å². The number of amides is 1. The van der Waals surface area contributed by atoms with Gasteiger partial charge in [0.05, 0.1) is 18.7 Å². The molecule has 20 heavy (non-hydrogen) atoms. The highest BCUT2D eigenvalue weighted by atomic mass is 79.9. The van der Waals surface area contributed by atoms with E-state index in [0.29, 0.717) is 5.75 Å². The topological polar surface area (TPSA) is 76.7 Å². The van der Waals surface area contributed by atoms with Crippen LogP contribution in [0.3, 0.4) is 0 Å². The van der Waals surface area contributed by atoms with Gasteiger partial charge in [0.1, 0.15) is 11.8 Å². The first-order valence-corrected chi connectivity index (χ1v) is 6.69. The van der Waals surface area contributed by atoms with Crippen molar-refractivity contribution in [3.05, 3.63) is 22.7 Å². The molecule has 0 heterocycles. The van der Waals surface area contributed by atoms with Gasteiger partial charge in [0.15, 0.2) is 0 Å². The second kappa shape index (κ2) is 7.74. The van der Waals surface area contributed by atoms with Crippen LogP contribution in [0.5, 0.6) is 5.75 Å². The molecule has 110 valence electrons. The van der Waals surface area contributed by atoms with Crippen LogP contribution < -0.4 is 15.4 Å². The zero-order valence-electron chi connectivity index (χ0n) is 11.5. The van der Waals surface area contributed by atoms with Crippen molar-refractivity contribution in [1.29, 1.82) is 0 Å². The molecule has 1 aromatic rings. The van der Waals surface area contributed by atoms with Gasteiger partial charge >= 0.3 is 5.97 Å². The fourth-order valence-corrected chi connectivity index (χ4v) is 2.12. The van der Waals surface area contributed by atoms with Crippen LogP contribution in [0, 0.1) is 0 Å². The van der Waals surface area contributed by atoms with Gasteiger partial charge in [0.25, 0.3) is 0 Å². The molecule has 6 nitrogen and oxygen atoms in total. The summed E-state index contributed by atoms with van der Waals surface area (Å²) in [5.74, 6) is -0.0830. The molecule has 0 spiro atoms. The number of rotatable bonds is 6. The van der Waals surface area contributed by atoms with E-state index >= 15 is 0 Å². The fraction of sp³-hybridized carbons (Fsp3) is 0.385. The largest absolute Gasteiger partial charge is 0.496 e. The molecule has 0 radical (unpaired) electrons. The van der Waals surface area contributed by atoms with E-state index in [4.69, 9.17) is 4.74 Å². The monoisotopic (exact) mass is 344 g/mol. The minimum absolute atomic E-state index is 0.227. The van der Waals surface area contributed by atoms with Crippen molar-refractivity contribution in [3.8, 4) is 5.75 Å². The van der Waals surface area contributed by atoms with Gasteiger partial charge in [-0.1, -0.05) is 0 Å². The van der Waals surface area contributed by atoms with E-state index in [9.17, 15) is 9.59 Å². The Labute approximate surface area is 126 Å². The van der Waals surface area contributed by atoms with E-state index < -0.39 is 12.0 Å². The summed E-state index contributed by atoms with van der Waals surface area (Å²) in [6.07, 6.45) is 0. The van der Waals surface area contributed by atoms with E-state index in [0.717, 1.165) is 10.2 Å². The third kappa shape index (κ3) is 4.73. The fourth-order valence-electron chi connectivity index (χ4n) is 1.58. The Kier molecular flexibility index (Phi) is 6.30. The lowest BCUT2D eigenvalue weighted by Crippen LogP contribution is -2.45. The number of methoxy groups -OCH3 is 2. The standard InChI is InChI=1S/C13H17BrN2O4/c1-8(17)16-11(13(18)20-3)7-15-9-4-5-12(19-2)10(14)6-9/h4-6,11,15H,7H2,1-3H3,(H,16,17). The lowest BCUT2D eigenvalue weighted by atomic mass is 10.2. The van der Waals surface area contributed by atoms with Crippen LogP contribution in [0.25, 0.3) is 0 Å². The summed E-state index contributed by atoms with van der Waals surface area (Å²) >= 11 is 3.37. The molecule has 0 aliphatic rings. The molecule has 0 saturated heterocycles. The molecule has 1 unspecified atom stereocenters. The van der Waals surface area contributed by atoms with Crippen LogP contribution >= 0.6 is 15.9 Å². The summed E-state index contributed by atoms with van der Waals surface area (Å²) in [4.78, 5) is 22.6. The van der Waals surface area contributed by atoms with Crippen LogP contribution in [-0.4, -0.2) is 38.7 Å².